The molecule has 0 aliphatic carbocycles. The summed E-state index contributed by atoms with van der Waals surface area (Å²) in [5.74, 6) is 0.955. The van der Waals surface area contributed by atoms with Crippen LogP contribution in [-0.2, 0) is 4.79 Å². The van der Waals surface area contributed by atoms with Crippen molar-refractivity contribution in [1.82, 2.24) is 9.80 Å². The zero-order valence-corrected chi connectivity index (χ0v) is 14.2. The molecule has 1 aliphatic heterocycles. The van der Waals surface area contributed by atoms with Crippen molar-refractivity contribution in [2.24, 2.45) is 5.73 Å². The summed E-state index contributed by atoms with van der Waals surface area (Å²) >= 11 is 3.41. The first kappa shape index (κ1) is 16.6. The lowest BCUT2D eigenvalue weighted by Crippen LogP contribution is -2.52. The number of hydrogen-bond acceptors (Lipinski definition) is 3. The third-order valence-electron chi connectivity index (χ3n) is 3.68. The summed E-state index contributed by atoms with van der Waals surface area (Å²) in [6, 6.07) is 5.80. The molecule has 0 bridgehead atoms. The number of carbonyl (C=O) groups is 1. The molecule has 0 saturated carbocycles. The molecule has 1 heterocycles. The molecule has 2 rings (SSSR count). The molecule has 0 aromatic heterocycles. The monoisotopic (exact) mass is 368 g/mol. The summed E-state index contributed by atoms with van der Waals surface area (Å²) in [5.41, 5.74) is 6.48. The summed E-state index contributed by atoms with van der Waals surface area (Å²) < 4.78 is 6.69. The van der Waals surface area contributed by atoms with Crippen LogP contribution in [0.5, 0.6) is 5.75 Å². The molecule has 1 fully saturated rings. The lowest BCUT2D eigenvalue weighted by molar-refractivity contribution is -0.133. The summed E-state index contributed by atoms with van der Waals surface area (Å²) in [6.07, 6.45) is 0.357. The fourth-order valence-electron chi connectivity index (χ4n) is 2.38. The van der Waals surface area contributed by atoms with E-state index in [4.69, 9.17) is 15.9 Å². The highest BCUT2D eigenvalue weighted by Crippen LogP contribution is 2.22. The number of nitrogens with two attached hydrogens (primary N) is 1. The third kappa shape index (κ3) is 4.37. The topological polar surface area (TPSA) is 82.7 Å². The molecule has 7 heteroatoms. The Morgan fingerprint density at radius 2 is 1.95 bits per heavy atom. The second kappa shape index (κ2) is 7.49. The Kier molecular flexibility index (Phi) is 5.65. The maximum absolute atomic E-state index is 12.1. The summed E-state index contributed by atoms with van der Waals surface area (Å²) in [5, 5.41) is 7.38. The van der Waals surface area contributed by atoms with Gasteiger partial charge in [-0.3, -0.25) is 10.2 Å². The quantitative estimate of drug-likeness (QED) is 0.624. The average molecular weight is 369 g/mol. The number of hydrogen-bond donors (Lipinski definition) is 2. The molecule has 1 aromatic rings. The van der Waals surface area contributed by atoms with Crippen molar-refractivity contribution in [3.8, 4) is 5.75 Å². The molecule has 120 valence electrons. The van der Waals surface area contributed by atoms with Gasteiger partial charge in [-0.15, -0.1) is 0 Å². The normalized spacial score (nSPS) is 14.8. The number of halogens is 1. The number of guanidine groups is 1. The second-order valence-electron chi connectivity index (χ2n) is 5.26. The van der Waals surface area contributed by atoms with Crippen LogP contribution in [-0.4, -0.2) is 54.5 Å². The number of benzene rings is 1. The van der Waals surface area contributed by atoms with E-state index >= 15 is 0 Å². The van der Waals surface area contributed by atoms with Gasteiger partial charge in [0.05, 0.1) is 13.0 Å². The minimum absolute atomic E-state index is 0.0705. The first-order valence-electron chi connectivity index (χ1n) is 7.23. The van der Waals surface area contributed by atoms with Gasteiger partial charge in [0, 0.05) is 30.7 Å². The highest BCUT2D eigenvalue weighted by atomic mass is 79.9. The molecule has 0 spiro atoms. The minimum Gasteiger partial charge on any atom is -0.493 e. The largest absolute Gasteiger partial charge is 0.493 e. The van der Waals surface area contributed by atoms with E-state index in [9.17, 15) is 4.79 Å². The molecule has 1 aliphatic rings. The van der Waals surface area contributed by atoms with Crippen LogP contribution in [0.15, 0.2) is 22.7 Å². The second-order valence-corrected chi connectivity index (χ2v) is 6.18. The van der Waals surface area contributed by atoms with Crippen LogP contribution in [0.3, 0.4) is 0 Å². The van der Waals surface area contributed by atoms with Crippen LogP contribution < -0.4 is 10.5 Å². The Morgan fingerprint density at radius 1 is 1.32 bits per heavy atom. The van der Waals surface area contributed by atoms with Crippen molar-refractivity contribution in [1.29, 1.82) is 5.41 Å². The Hall–Kier alpha value is -1.76. The standard InChI is InChI=1S/C15H21BrN4O2/c1-11-10-12(16)2-3-13(11)22-9-4-14(21)19-5-7-20(8-6-19)15(17)18/h2-3,10H,4-9H2,1H3,(H3,17,18). The predicted molar refractivity (Wildman–Crippen MR) is 89.1 cm³/mol. The number of ether oxygens (including phenoxy) is 1. The molecule has 0 radical (unpaired) electrons. The maximum Gasteiger partial charge on any atom is 0.226 e. The number of nitrogens with one attached hydrogen (secondary N) is 1. The first-order chi connectivity index (χ1) is 10.5. The van der Waals surface area contributed by atoms with E-state index in [0.29, 0.717) is 39.2 Å². The molecule has 1 amide bonds. The SMILES string of the molecule is Cc1cc(Br)ccc1OCCC(=O)N1CCN(C(=N)N)CC1. The predicted octanol–water partition coefficient (Wildman–Crippen LogP) is 1.56. The van der Waals surface area contributed by atoms with Gasteiger partial charge in [-0.25, -0.2) is 0 Å². The van der Waals surface area contributed by atoms with Crippen LogP contribution in [0.2, 0.25) is 0 Å². The van der Waals surface area contributed by atoms with Gasteiger partial charge in [-0.2, -0.15) is 0 Å². The fraction of sp³-hybridized carbons (Fsp3) is 0.467. The van der Waals surface area contributed by atoms with E-state index in [1.165, 1.54) is 0 Å². The fourth-order valence-corrected chi connectivity index (χ4v) is 2.85. The highest BCUT2D eigenvalue weighted by molar-refractivity contribution is 9.10. The maximum atomic E-state index is 12.1. The lowest BCUT2D eigenvalue weighted by Gasteiger charge is -2.34. The zero-order valence-electron chi connectivity index (χ0n) is 12.6. The van der Waals surface area contributed by atoms with Crippen molar-refractivity contribution >= 4 is 27.8 Å². The Bertz CT molecular complexity index is 556. The number of nitrogens with zero attached hydrogens (tertiary/aromatic N) is 2. The van der Waals surface area contributed by atoms with Crippen molar-refractivity contribution in [3.63, 3.8) is 0 Å². The molecule has 6 nitrogen and oxygen atoms in total. The van der Waals surface area contributed by atoms with Crippen LogP contribution >= 0.6 is 15.9 Å². The van der Waals surface area contributed by atoms with Gasteiger partial charge in [0.25, 0.3) is 0 Å². The van der Waals surface area contributed by atoms with Crippen molar-refractivity contribution in [3.05, 3.63) is 28.2 Å². The van der Waals surface area contributed by atoms with Gasteiger partial charge in [0.2, 0.25) is 5.91 Å². The zero-order chi connectivity index (χ0) is 16.1. The van der Waals surface area contributed by atoms with E-state index in [-0.39, 0.29) is 11.9 Å². The smallest absolute Gasteiger partial charge is 0.226 e. The third-order valence-corrected chi connectivity index (χ3v) is 4.18. The molecule has 0 atom stereocenters. The van der Waals surface area contributed by atoms with Gasteiger partial charge in [-0.05, 0) is 30.7 Å². The van der Waals surface area contributed by atoms with E-state index in [1.54, 1.807) is 9.80 Å². The minimum atomic E-state index is 0.0705. The van der Waals surface area contributed by atoms with Gasteiger partial charge < -0.3 is 20.3 Å². The van der Waals surface area contributed by atoms with Gasteiger partial charge in [0.1, 0.15) is 5.75 Å². The molecular weight excluding hydrogens is 348 g/mol. The van der Waals surface area contributed by atoms with Gasteiger partial charge in [0.15, 0.2) is 5.96 Å². The molecule has 3 N–H and O–H groups in total. The number of carbonyl (C=O) groups excluding carboxylic acids is 1. The number of amides is 1. The number of rotatable bonds is 4. The lowest BCUT2D eigenvalue weighted by atomic mass is 10.2. The number of aryl methyl sites for hydroxylation is 1. The van der Waals surface area contributed by atoms with E-state index in [1.807, 2.05) is 25.1 Å². The number of piperazine rings is 1. The Labute approximate surface area is 138 Å². The Morgan fingerprint density at radius 3 is 2.55 bits per heavy atom. The van der Waals surface area contributed by atoms with E-state index < -0.39 is 0 Å². The molecule has 22 heavy (non-hydrogen) atoms. The highest BCUT2D eigenvalue weighted by Gasteiger charge is 2.21. The summed E-state index contributed by atoms with van der Waals surface area (Å²) in [6.45, 7) is 4.80. The Balaban J connectivity index is 1.75. The summed E-state index contributed by atoms with van der Waals surface area (Å²) in [4.78, 5) is 15.7. The molecular formula is C15H21BrN4O2. The van der Waals surface area contributed by atoms with Crippen LogP contribution in [0.25, 0.3) is 0 Å². The van der Waals surface area contributed by atoms with E-state index in [0.717, 1.165) is 15.8 Å². The molecule has 1 aromatic carbocycles. The van der Waals surface area contributed by atoms with Crippen LogP contribution in [0.1, 0.15) is 12.0 Å². The van der Waals surface area contributed by atoms with Crippen molar-refractivity contribution in [2.45, 2.75) is 13.3 Å². The van der Waals surface area contributed by atoms with Crippen LogP contribution in [0.4, 0.5) is 0 Å². The average Bonchev–Trinajstić information content (AvgIpc) is 2.49. The van der Waals surface area contributed by atoms with Gasteiger partial charge in [-0.1, -0.05) is 15.9 Å². The van der Waals surface area contributed by atoms with E-state index in [2.05, 4.69) is 15.9 Å². The van der Waals surface area contributed by atoms with Crippen molar-refractivity contribution in [2.75, 3.05) is 32.8 Å². The van der Waals surface area contributed by atoms with Crippen molar-refractivity contribution < 1.29 is 9.53 Å². The first-order valence-corrected chi connectivity index (χ1v) is 8.02. The van der Waals surface area contributed by atoms with Gasteiger partial charge >= 0.3 is 0 Å². The molecule has 0 unspecified atom stereocenters. The van der Waals surface area contributed by atoms with Crippen LogP contribution in [0, 0.1) is 12.3 Å². The summed E-state index contributed by atoms with van der Waals surface area (Å²) in [7, 11) is 0. The molecule has 1 saturated heterocycles.